The number of fused-ring (bicyclic) bond motifs is 1. The molecule has 1 aliphatic heterocycles. The Hall–Kier alpha value is -4.39. The van der Waals surface area contributed by atoms with Crippen molar-refractivity contribution in [3.05, 3.63) is 107 Å². The maximum Gasteiger partial charge on any atom is 0.296 e. The summed E-state index contributed by atoms with van der Waals surface area (Å²) < 4.78 is 24.8. The summed E-state index contributed by atoms with van der Waals surface area (Å²) in [6.07, 6.45) is 1.48. The molecule has 1 unspecified atom stereocenters. The van der Waals surface area contributed by atoms with Gasteiger partial charge in [0.1, 0.15) is 23.1 Å². The number of hydrogen-bond donors (Lipinski definition) is 1. The molecule has 0 radical (unpaired) electrons. The lowest BCUT2D eigenvalue weighted by atomic mass is 9.91. The SMILES string of the molecule is COc1ccc(F)cc1/C(O)=C1\C(=O)C(=O)N(Cc2ccco2)C1c1cccc2ccccc12. The Morgan fingerprint density at radius 1 is 1.06 bits per heavy atom. The number of likely N-dealkylation sites (tertiary alicyclic amines) is 1. The van der Waals surface area contributed by atoms with E-state index in [1.54, 1.807) is 12.1 Å². The predicted octanol–water partition coefficient (Wildman–Crippen LogP) is 5.20. The lowest BCUT2D eigenvalue weighted by molar-refractivity contribution is -0.140. The van der Waals surface area contributed by atoms with Crippen molar-refractivity contribution < 1.29 is 28.2 Å². The standard InChI is InChI=1S/C27H20FNO5/c1-33-22-12-11-17(28)14-21(22)25(30)23-24(20-10-4-7-16-6-2-3-9-19(16)20)29(27(32)26(23)31)15-18-8-5-13-34-18/h2-14,24,30H,15H2,1H3/b25-23+. The van der Waals surface area contributed by atoms with Crippen LogP contribution in [-0.2, 0) is 16.1 Å². The number of halogens is 1. The first-order valence-corrected chi connectivity index (χ1v) is 10.6. The Kier molecular flexibility index (Phi) is 5.37. The van der Waals surface area contributed by atoms with E-state index >= 15 is 0 Å². The fourth-order valence-electron chi connectivity index (χ4n) is 4.44. The first kappa shape index (κ1) is 21.5. The third kappa shape index (κ3) is 3.51. The molecule has 170 valence electrons. The number of amides is 1. The van der Waals surface area contributed by atoms with Crippen LogP contribution < -0.4 is 4.74 Å². The van der Waals surface area contributed by atoms with E-state index in [1.165, 1.54) is 30.4 Å². The number of aliphatic hydroxyl groups excluding tert-OH is 1. The third-order valence-corrected chi connectivity index (χ3v) is 5.98. The Labute approximate surface area is 194 Å². The molecule has 7 heteroatoms. The van der Waals surface area contributed by atoms with Crippen LogP contribution in [0, 0.1) is 5.82 Å². The van der Waals surface area contributed by atoms with Crippen LogP contribution in [0.15, 0.2) is 89.0 Å². The Morgan fingerprint density at radius 3 is 2.62 bits per heavy atom. The number of furan rings is 1. The lowest BCUT2D eigenvalue weighted by Gasteiger charge is -2.26. The number of Topliss-reactive ketones (excluding diaryl/α,β-unsaturated/α-hetero) is 1. The van der Waals surface area contributed by atoms with Crippen molar-refractivity contribution in [2.75, 3.05) is 7.11 Å². The number of rotatable bonds is 5. The molecule has 1 saturated heterocycles. The number of ketones is 1. The largest absolute Gasteiger partial charge is 0.507 e. The van der Waals surface area contributed by atoms with Crippen LogP contribution in [-0.4, -0.2) is 28.8 Å². The molecule has 1 fully saturated rings. The maximum absolute atomic E-state index is 14.1. The molecule has 1 aliphatic rings. The summed E-state index contributed by atoms with van der Waals surface area (Å²) in [5.41, 5.74) is 0.501. The molecular weight excluding hydrogens is 437 g/mol. The van der Waals surface area contributed by atoms with Gasteiger partial charge in [-0.1, -0.05) is 42.5 Å². The highest BCUT2D eigenvalue weighted by Gasteiger charge is 2.47. The fourth-order valence-corrected chi connectivity index (χ4v) is 4.44. The van der Waals surface area contributed by atoms with Crippen molar-refractivity contribution in [3.63, 3.8) is 0 Å². The van der Waals surface area contributed by atoms with E-state index in [0.29, 0.717) is 11.3 Å². The molecule has 0 spiro atoms. The quantitative estimate of drug-likeness (QED) is 0.253. The molecule has 3 aromatic carbocycles. The van der Waals surface area contributed by atoms with E-state index in [2.05, 4.69) is 0 Å². The lowest BCUT2D eigenvalue weighted by Crippen LogP contribution is -2.29. The molecule has 2 heterocycles. The van der Waals surface area contributed by atoms with Crippen molar-refractivity contribution in [3.8, 4) is 5.75 Å². The van der Waals surface area contributed by atoms with Crippen LogP contribution in [0.4, 0.5) is 4.39 Å². The number of hydrogen-bond acceptors (Lipinski definition) is 5. The summed E-state index contributed by atoms with van der Waals surface area (Å²) in [6, 6.07) is 19.2. The summed E-state index contributed by atoms with van der Waals surface area (Å²) in [4.78, 5) is 27.9. The van der Waals surface area contributed by atoms with Crippen molar-refractivity contribution in [2.24, 2.45) is 0 Å². The second-order valence-corrected chi connectivity index (χ2v) is 7.92. The second-order valence-electron chi connectivity index (χ2n) is 7.92. The maximum atomic E-state index is 14.1. The average Bonchev–Trinajstić information content (AvgIpc) is 3.45. The minimum Gasteiger partial charge on any atom is -0.507 e. The van der Waals surface area contributed by atoms with Crippen LogP contribution in [0.5, 0.6) is 5.75 Å². The van der Waals surface area contributed by atoms with Crippen molar-refractivity contribution in [1.82, 2.24) is 4.90 Å². The molecule has 1 atom stereocenters. The van der Waals surface area contributed by atoms with Gasteiger partial charge in [-0.3, -0.25) is 9.59 Å². The molecule has 1 aromatic heterocycles. The van der Waals surface area contributed by atoms with Gasteiger partial charge < -0.3 is 19.2 Å². The van der Waals surface area contributed by atoms with Crippen LogP contribution in [0.1, 0.15) is 22.9 Å². The van der Waals surface area contributed by atoms with Crippen molar-refractivity contribution in [1.29, 1.82) is 0 Å². The summed E-state index contributed by atoms with van der Waals surface area (Å²) in [5, 5.41) is 13.0. The van der Waals surface area contributed by atoms with Gasteiger partial charge in [-0.05, 0) is 46.7 Å². The summed E-state index contributed by atoms with van der Waals surface area (Å²) in [7, 11) is 1.38. The van der Waals surface area contributed by atoms with E-state index in [1.807, 2.05) is 42.5 Å². The van der Waals surface area contributed by atoms with E-state index in [9.17, 15) is 19.1 Å². The van der Waals surface area contributed by atoms with Gasteiger partial charge in [-0.15, -0.1) is 0 Å². The molecule has 0 aliphatic carbocycles. The fraction of sp³-hybridized carbons (Fsp3) is 0.111. The third-order valence-electron chi connectivity index (χ3n) is 5.98. The molecule has 0 saturated carbocycles. The second kappa shape index (κ2) is 8.51. The Morgan fingerprint density at radius 2 is 1.85 bits per heavy atom. The highest BCUT2D eigenvalue weighted by Crippen LogP contribution is 2.43. The average molecular weight is 457 g/mol. The number of nitrogens with zero attached hydrogens (tertiary/aromatic N) is 1. The number of ether oxygens (including phenoxy) is 1. The van der Waals surface area contributed by atoms with Gasteiger partial charge in [0.05, 0.1) is 37.1 Å². The van der Waals surface area contributed by atoms with Crippen molar-refractivity contribution in [2.45, 2.75) is 12.6 Å². The van der Waals surface area contributed by atoms with Gasteiger partial charge in [-0.2, -0.15) is 0 Å². The van der Waals surface area contributed by atoms with Crippen LogP contribution in [0.2, 0.25) is 0 Å². The Balaban J connectivity index is 1.77. The zero-order valence-corrected chi connectivity index (χ0v) is 18.2. The van der Waals surface area contributed by atoms with Gasteiger partial charge in [0.15, 0.2) is 0 Å². The number of aliphatic hydroxyl groups is 1. The van der Waals surface area contributed by atoms with E-state index in [0.717, 1.165) is 16.8 Å². The van der Waals surface area contributed by atoms with Gasteiger partial charge in [-0.25, -0.2) is 4.39 Å². The topological polar surface area (TPSA) is 80.0 Å². The van der Waals surface area contributed by atoms with E-state index in [-0.39, 0.29) is 23.4 Å². The predicted molar refractivity (Wildman–Crippen MR) is 123 cm³/mol. The van der Waals surface area contributed by atoms with Gasteiger partial charge in [0.2, 0.25) is 0 Å². The van der Waals surface area contributed by atoms with E-state index in [4.69, 9.17) is 9.15 Å². The van der Waals surface area contributed by atoms with Gasteiger partial charge in [0.25, 0.3) is 11.7 Å². The highest BCUT2D eigenvalue weighted by molar-refractivity contribution is 6.46. The zero-order valence-electron chi connectivity index (χ0n) is 18.2. The van der Waals surface area contributed by atoms with Crippen LogP contribution >= 0.6 is 0 Å². The number of carbonyl (C=O) groups is 2. The summed E-state index contributed by atoms with van der Waals surface area (Å²) in [5.74, 6) is -2.12. The smallest absolute Gasteiger partial charge is 0.296 e. The number of benzene rings is 3. The number of carbonyl (C=O) groups excluding carboxylic acids is 2. The highest BCUT2D eigenvalue weighted by atomic mass is 19.1. The van der Waals surface area contributed by atoms with Gasteiger partial charge in [0, 0.05) is 0 Å². The molecule has 6 nitrogen and oxygen atoms in total. The first-order chi connectivity index (χ1) is 16.5. The zero-order chi connectivity index (χ0) is 23.8. The van der Waals surface area contributed by atoms with Crippen LogP contribution in [0.3, 0.4) is 0 Å². The van der Waals surface area contributed by atoms with Gasteiger partial charge >= 0.3 is 0 Å². The van der Waals surface area contributed by atoms with Crippen molar-refractivity contribution >= 4 is 28.2 Å². The minimum atomic E-state index is -0.927. The summed E-state index contributed by atoms with van der Waals surface area (Å²) in [6.45, 7) is 0.0164. The Bertz CT molecular complexity index is 1440. The molecular formula is C27H20FNO5. The monoisotopic (exact) mass is 457 g/mol. The summed E-state index contributed by atoms with van der Waals surface area (Å²) >= 11 is 0. The first-order valence-electron chi connectivity index (χ1n) is 10.6. The molecule has 4 aromatic rings. The van der Waals surface area contributed by atoms with E-state index < -0.39 is 29.3 Å². The minimum absolute atomic E-state index is 0.0104. The number of methoxy groups -OCH3 is 1. The molecule has 0 bridgehead atoms. The van der Waals surface area contributed by atoms with Crippen LogP contribution in [0.25, 0.3) is 16.5 Å². The molecule has 34 heavy (non-hydrogen) atoms. The molecule has 1 N–H and O–H groups in total. The normalized spacial score (nSPS) is 17.5. The molecule has 1 amide bonds. The molecule has 5 rings (SSSR count).